The number of nitrogens with zero attached hydrogens (tertiary/aromatic N) is 1. The Morgan fingerprint density at radius 1 is 1.25 bits per heavy atom. The van der Waals surface area contributed by atoms with Crippen LogP contribution in [0.25, 0.3) is 11.6 Å². The summed E-state index contributed by atoms with van der Waals surface area (Å²) in [5.41, 5.74) is 3.40. The number of benzene rings is 2. The molecule has 124 valence electrons. The van der Waals surface area contributed by atoms with Gasteiger partial charge >= 0.3 is 0 Å². The minimum atomic E-state index is -0.0137. The van der Waals surface area contributed by atoms with Crippen LogP contribution in [-0.4, -0.2) is 26.7 Å². The molecule has 0 unspecified atom stereocenters. The zero-order valence-corrected chi connectivity index (χ0v) is 15.4. The molecule has 0 aromatic heterocycles. The van der Waals surface area contributed by atoms with Gasteiger partial charge in [-0.2, -0.15) is 0 Å². The van der Waals surface area contributed by atoms with Crippen LogP contribution in [0, 0.1) is 0 Å². The number of likely N-dealkylation sites (N-methyl/N-ethyl adjacent to an activating group) is 1. The molecule has 1 heterocycles. The van der Waals surface area contributed by atoms with Crippen molar-refractivity contribution in [3.63, 3.8) is 0 Å². The van der Waals surface area contributed by atoms with Crippen molar-refractivity contribution in [3.05, 3.63) is 52.0 Å². The van der Waals surface area contributed by atoms with Gasteiger partial charge in [-0.05, 0) is 52.7 Å². The van der Waals surface area contributed by atoms with Gasteiger partial charge in [0.05, 0.1) is 23.9 Å². The Morgan fingerprint density at radius 3 is 2.71 bits per heavy atom. The lowest BCUT2D eigenvalue weighted by Gasteiger charge is -2.12. The summed E-state index contributed by atoms with van der Waals surface area (Å²) < 4.78 is 11.8. The standard InChI is InChI=1S/C19H18BrNO3/c1-4-24-18-15(20)10-12(11-17(18)23-3)9-14-13-7-5-6-8-16(13)21(2)19(14)22/h5-11H,4H2,1-3H3/b14-9+. The van der Waals surface area contributed by atoms with E-state index in [1.807, 2.05) is 49.4 Å². The highest BCUT2D eigenvalue weighted by Crippen LogP contribution is 2.40. The predicted molar refractivity (Wildman–Crippen MR) is 99.6 cm³/mol. The Kier molecular flexibility index (Phi) is 4.62. The molecule has 0 saturated carbocycles. The molecule has 0 spiro atoms. The van der Waals surface area contributed by atoms with Crippen LogP contribution >= 0.6 is 15.9 Å². The summed E-state index contributed by atoms with van der Waals surface area (Å²) in [6, 6.07) is 11.6. The first kappa shape index (κ1) is 16.6. The lowest BCUT2D eigenvalue weighted by atomic mass is 10.0. The first-order chi connectivity index (χ1) is 11.6. The Morgan fingerprint density at radius 2 is 2.00 bits per heavy atom. The Balaban J connectivity index is 2.09. The fourth-order valence-electron chi connectivity index (χ4n) is 2.81. The number of carbonyl (C=O) groups excluding carboxylic acids is 1. The summed E-state index contributed by atoms with van der Waals surface area (Å²) >= 11 is 3.52. The third kappa shape index (κ3) is 2.80. The maximum absolute atomic E-state index is 12.6. The van der Waals surface area contributed by atoms with Gasteiger partial charge in [-0.25, -0.2) is 0 Å². The van der Waals surface area contributed by atoms with E-state index < -0.39 is 0 Å². The molecule has 2 aromatic rings. The van der Waals surface area contributed by atoms with E-state index in [4.69, 9.17) is 9.47 Å². The van der Waals surface area contributed by atoms with E-state index in [0.29, 0.717) is 23.7 Å². The number of fused-ring (bicyclic) bond motifs is 1. The maximum Gasteiger partial charge on any atom is 0.258 e. The quantitative estimate of drug-likeness (QED) is 0.730. The van der Waals surface area contributed by atoms with E-state index in [2.05, 4.69) is 15.9 Å². The average Bonchev–Trinajstić information content (AvgIpc) is 2.82. The molecular formula is C19H18BrNO3. The van der Waals surface area contributed by atoms with Gasteiger partial charge in [-0.15, -0.1) is 0 Å². The van der Waals surface area contributed by atoms with Crippen LogP contribution in [0.1, 0.15) is 18.1 Å². The van der Waals surface area contributed by atoms with Crippen LogP contribution in [0.3, 0.4) is 0 Å². The summed E-state index contributed by atoms with van der Waals surface area (Å²) in [6.07, 6.45) is 1.88. The molecule has 0 bridgehead atoms. The summed E-state index contributed by atoms with van der Waals surface area (Å²) in [6.45, 7) is 2.47. The largest absolute Gasteiger partial charge is 0.493 e. The van der Waals surface area contributed by atoms with Crippen molar-refractivity contribution in [1.82, 2.24) is 0 Å². The SMILES string of the molecule is CCOc1c(Br)cc(/C=C2/C(=O)N(C)c3ccccc32)cc1OC. The normalized spacial score (nSPS) is 14.9. The average molecular weight is 388 g/mol. The molecule has 4 nitrogen and oxygen atoms in total. The summed E-state index contributed by atoms with van der Waals surface area (Å²) in [7, 11) is 3.39. The minimum Gasteiger partial charge on any atom is -0.493 e. The zero-order valence-electron chi connectivity index (χ0n) is 13.8. The number of halogens is 1. The number of anilines is 1. The monoisotopic (exact) mass is 387 g/mol. The van der Waals surface area contributed by atoms with Crippen LogP contribution < -0.4 is 14.4 Å². The number of carbonyl (C=O) groups is 1. The number of hydrogen-bond donors (Lipinski definition) is 0. The van der Waals surface area contributed by atoms with Gasteiger partial charge in [0.2, 0.25) is 0 Å². The van der Waals surface area contributed by atoms with E-state index in [1.165, 1.54) is 0 Å². The molecule has 0 N–H and O–H groups in total. The molecule has 3 rings (SSSR count). The van der Waals surface area contributed by atoms with E-state index in [9.17, 15) is 4.79 Å². The summed E-state index contributed by atoms with van der Waals surface area (Å²) in [5.74, 6) is 1.28. The van der Waals surface area contributed by atoms with Crippen LogP contribution in [0.2, 0.25) is 0 Å². The van der Waals surface area contributed by atoms with Crippen LogP contribution in [-0.2, 0) is 4.79 Å². The maximum atomic E-state index is 12.6. The fourth-order valence-corrected chi connectivity index (χ4v) is 3.39. The second-order valence-electron chi connectivity index (χ2n) is 5.41. The highest BCUT2D eigenvalue weighted by Gasteiger charge is 2.29. The second kappa shape index (κ2) is 6.69. The van der Waals surface area contributed by atoms with Crippen molar-refractivity contribution in [2.75, 3.05) is 25.7 Å². The van der Waals surface area contributed by atoms with E-state index in [0.717, 1.165) is 21.3 Å². The van der Waals surface area contributed by atoms with Crippen molar-refractivity contribution in [2.24, 2.45) is 0 Å². The van der Waals surface area contributed by atoms with Crippen LogP contribution in [0.5, 0.6) is 11.5 Å². The number of rotatable bonds is 4. The van der Waals surface area contributed by atoms with E-state index in [-0.39, 0.29) is 5.91 Å². The lowest BCUT2D eigenvalue weighted by molar-refractivity contribution is -0.112. The molecule has 24 heavy (non-hydrogen) atoms. The van der Waals surface area contributed by atoms with Crippen molar-refractivity contribution in [2.45, 2.75) is 6.92 Å². The molecule has 2 aromatic carbocycles. The second-order valence-corrected chi connectivity index (χ2v) is 6.26. The van der Waals surface area contributed by atoms with Gasteiger partial charge < -0.3 is 14.4 Å². The van der Waals surface area contributed by atoms with Crippen molar-refractivity contribution in [3.8, 4) is 11.5 Å². The van der Waals surface area contributed by atoms with Gasteiger partial charge in [0.15, 0.2) is 11.5 Å². The summed E-state index contributed by atoms with van der Waals surface area (Å²) in [5, 5.41) is 0. The number of ether oxygens (including phenoxy) is 2. The van der Waals surface area contributed by atoms with Gasteiger partial charge in [-0.3, -0.25) is 4.79 Å². The number of methoxy groups -OCH3 is 1. The Labute approximate surface area is 149 Å². The zero-order chi connectivity index (χ0) is 17.3. The van der Waals surface area contributed by atoms with Gasteiger partial charge in [0.1, 0.15) is 0 Å². The molecular weight excluding hydrogens is 370 g/mol. The molecule has 0 atom stereocenters. The number of amides is 1. The van der Waals surface area contributed by atoms with E-state index in [1.54, 1.807) is 19.1 Å². The molecule has 0 aliphatic carbocycles. The molecule has 1 aliphatic heterocycles. The van der Waals surface area contributed by atoms with Crippen molar-refractivity contribution in [1.29, 1.82) is 0 Å². The Bertz CT molecular complexity index is 829. The molecule has 0 saturated heterocycles. The fraction of sp³-hybridized carbons (Fsp3) is 0.211. The van der Waals surface area contributed by atoms with Crippen molar-refractivity contribution >= 4 is 39.2 Å². The van der Waals surface area contributed by atoms with Gasteiger partial charge in [0, 0.05) is 18.2 Å². The van der Waals surface area contributed by atoms with E-state index >= 15 is 0 Å². The molecule has 5 heteroatoms. The number of hydrogen-bond acceptors (Lipinski definition) is 3. The smallest absolute Gasteiger partial charge is 0.258 e. The molecule has 0 fully saturated rings. The number of para-hydroxylation sites is 1. The topological polar surface area (TPSA) is 38.8 Å². The minimum absolute atomic E-state index is 0.0137. The Hall–Kier alpha value is -2.27. The van der Waals surface area contributed by atoms with Crippen LogP contribution in [0.15, 0.2) is 40.9 Å². The summed E-state index contributed by atoms with van der Waals surface area (Å²) in [4.78, 5) is 14.2. The lowest BCUT2D eigenvalue weighted by Crippen LogP contribution is -2.20. The molecule has 1 aliphatic rings. The molecule has 0 radical (unpaired) electrons. The highest BCUT2D eigenvalue weighted by atomic mass is 79.9. The first-order valence-corrected chi connectivity index (χ1v) is 8.45. The van der Waals surface area contributed by atoms with Crippen LogP contribution in [0.4, 0.5) is 5.69 Å². The first-order valence-electron chi connectivity index (χ1n) is 7.66. The predicted octanol–water partition coefficient (Wildman–Crippen LogP) is 4.37. The van der Waals surface area contributed by atoms with Crippen molar-refractivity contribution < 1.29 is 14.3 Å². The highest BCUT2D eigenvalue weighted by molar-refractivity contribution is 9.10. The third-order valence-electron chi connectivity index (χ3n) is 3.94. The van der Waals surface area contributed by atoms with Gasteiger partial charge in [-0.1, -0.05) is 18.2 Å². The molecule has 1 amide bonds. The van der Waals surface area contributed by atoms with Gasteiger partial charge in [0.25, 0.3) is 5.91 Å². The third-order valence-corrected chi connectivity index (χ3v) is 4.53.